The van der Waals surface area contributed by atoms with E-state index in [-0.39, 0.29) is 16.3 Å². The van der Waals surface area contributed by atoms with Gasteiger partial charge in [-0.2, -0.15) is 4.98 Å². The van der Waals surface area contributed by atoms with Crippen LogP contribution in [0.3, 0.4) is 0 Å². The van der Waals surface area contributed by atoms with E-state index < -0.39 is 41.6 Å². The number of nitrogens with one attached hydrogen (secondary N) is 1. The number of fused-ring (bicyclic) bond motifs is 1. The summed E-state index contributed by atoms with van der Waals surface area (Å²) >= 11 is 0.623. The highest BCUT2D eigenvalue weighted by Gasteiger charge is 2.44. The molecule has 0 bridgehead atoms. The number of H-pyrrole nitrogens is 1. The number of aliphatic hydroxyl groups excluding tert-OH is 3. The normalized spacial score (nSPS) is 29.3. The molecule has 2 aromatic heterocycles. The lowest BCUT2D eigenvalue weighted by Gasteiger charge is -2.15. The average molecular weight is 316 g/mol. The number of aromatic amines is 1. The summed E-state index contributed by atoms with van der Waals surface area (Å²) in [6.45, 7) is -0.526. The third-order valence-corrected chi connectivity index (χ3v) is 4.21. The Morgan fingerprint density at radius 1 is 1.38 bits per heavy atom. The Balaban J connectivity index is 2.20. The second-order valence-corrected chi connectivity index (χ2v) is 5.53. The summed E-state index contributed by atoms with van der Waals surface area (Å²) in [4.78, 5) is 29.3. The van der Waals surface area contributed by atoms with Crippen LogP contribution in [0.15, 0.2) is 9.59 Å². The van der Waals surface area contributed by atoms with Crippen molar-refractivity contribution in [3.05, 3.63) is 20.0 Å². The maximum Gasteiger partial charge on any atom is 0.311 e. The SMILES string of the molecule is Nc1nc2c(sc(=O)n2[C@@H]2O[C@@H](CO)[C@H](O)[C@H]2O)c(=O)[nH]1. The molecule has 1 aliphatic heterocycles. The van der Waals surface area contributed by atoms with Crippen molar-refractivity contribution in [1.82, 2.24) is 14.5 Å². The molecule has 0 saturated carbocycles. The zero-order valence-electron chi connectivity index (χ0n) is 10.5. The van der Waals surface area contributed by atoms with Crippen LogP contribution in [-0.4, -0.2) is 54.8 Å². The van der Waals surface area contributed by atoms with Crippen LogP contribution in [0.4, 0.5) is 5.95 Å². The number of aromatic nitrogens is 3. The third kappa shape index (κ3) is 2.06. The number of rotatable bonds is 2. The molecule has 6 N–H and O–H groups in total. The molecule has 10 nitrogen and oxygen atoms in total. The first-order chi connectivity index (χ1) is 9.93. The molecule has 4 atom stereocenters. The largest absolute Gasteiger partial charge is 0.394 e. The van der Waals surface area contributed by atoms with E-state index in [0.29, 0.717) is 11.3 Å². The molecule has 0 radical (unpaired) electrons. The number of ether oxygens (including phenoxy) is 1. The fraction of sp³-hybridized carbons (Fsp3) is 0.500. The second-order valence-electron chi connectivity index (χ2n) is 4.57. The summed E-state index contributed by atoms with van der Waals surface area (Å²) in [5, 5.41) is 28.8. The number of anilines is 1. The van der Waals surface area contributed by atoms with Gasteiger partial charge in [0.1, 0.15) is 23.0 Å². The van der Waals surface area contributed by atoms with E-state index in [1.54, 1.807) is 0 Å². The highest BCUT2D eigenvalue weighted by atomic mass is 32.1. The molecule has 3 rings (SSSR count). The van der Waals surface area contributed by atoms with Gasteiger partial charge < -0.3 is 25.8 Å². The molecular formula is C10H12N4O6S. The molecule has 2 aromatic rings. The van der Waals surface area contributed by atoms with Crippen molar-refractivity contribution in [2.24, 2.45) is 0 Å². The monoisotopic (exact) mass is 316 g/mol. The number of thiazole rings is 1. The van der Waals surface area contributed by atoms with Gasteiger partial charge >= 0.3 is 4.87 Å². The number of nitrogen functional groups attached to an aromatic ring is 1. The maximum absolute atomic E-state index is 12.0. The van der Waals surface area contributed by atoms with E-state index in [2.05, 4.69) is 9.97 Å². The van der Waals surface area contributed by atoms with E-state index in [9.17, 15) is 19.8 Å². The first kappa shape index (κ1) is 14.2. The van der Waals surface area contributed by atoms with Crippen molar-refractivity contribution in [1.29, 1.82) is 0 Å². The van der Waals surface area contributed by atoms with Crippen molar-refractivity contribution >= 4 is 27.6 Å². The van der Waals surface area contributed by atoms with Gasteiger partial charge in [-0.25, -0.2) is 0 Å². The molecule has 0 amide bonds. The molecule has 1 fully saturated rings. The van der Waals surface area contributed by atoms with Crippen molar-refractivity contribution < 1.29 is 20.1 Å². The van der Waals surface area contributed by atoms with Gasteiger partial charge in [-0.3, -0.25) is 19.1 Å². The Bertz CT molecular complexity index is 797. The van der Waals surface area contributed by atoms with Crippen molar-refractivity contribution in [2.75, 3.05) is 12.3 Å². The Kier molecular flexibility index (Phi) is 3.30. The lowest BCUT2D eigenvalue weighted by Crippen LogP contribution is -2.34. The van der Waals surface area contributed by atoms with Gasteiger partial charge in [0.2, 0.25) is 5.95 Å². The standard InChI is InChI=1S/C10H12N4O6S/c11-9-12-6-5(7(18)13-9)21-10(19)14(6)8-4(17)3(16)2(1-15)20-8/h2-4,8,15-17H,1H2,(H3,11,12,13,18)/t2-,3-,4+,8+/m0/s1. The second kappa shape index (κ2) is 4.89. The van der Waals surface area contributed by atoms with E-state index in [1.807, 2.05) is 0 Å². The molecule has 0 aromatic carbocycles. The summed E-state index contributed by atoms with van der Waals surface area (Å²) < 4.78 is 6.26. The zero-order valence-corrected chi connectivity index (χ0v) is 11.3. The predicted octanol–water partition coefficient (Wildman–Crippen LogP) is -2.66. The minimum Gasteiger partial charge on any atom is -0.394 e. The summed E-state index contributed by atoms with van der Waals surface area (Å²) in [6.07, 6.45) is -5.10. The van der Waals surface area contributed by atoms with Crippen LogP contribution in [0.2, 0.25) is 0 Å². The average Bonchev–Trinajstić information content (AvgIpc) is 2.89. The highest BCUT2D eigenvalue weighted by Crippen LogP contribution is 2.30. The minimum absolute atomic E-state index is 0.0342. The fourth-order valence-electron chi connectivity index (χ4n) is 2.26. The molecule has 21 heavy (non-hydrogen) atoms. The Labute approximate surface area is 120 Å². The van der Waals surface area contributed by atoms with Crippen LogP contribution >= 0.6 is 11.3 Å². The molecule has 3 heterocycles. The van der Waals surface area contributed by atoms with Gasteiger partial charge in [-0.15, -0.1) is 0 Å². The van der Waals surface area contributed by atoms with E-state index in [4.69, 9.17) is 15.6 Å². The van der Waals surface area contributed by atoms with Gasteiger partial charge in [-0.1, -0.05) is 11.3 Å². The Hall–Kier alpha value is -1.79. The van der Waals surface area contributed by atoms with Crippen LogP contribution in [0.25, 0.3) is 10.3 Å². The molecular weight excluding hydrogens is 304 g/mol. The van der Waals surface area contributed by atoms with E-state index in [0.717, 1.165) is 4.57 Å². The topological polar surface area (TPSA) is 164 Å². The van der Waals surface area contributed by atoms with Crippen LogP contribution in [0, 0.1) is 0 Å². The van der Waals surface area contributed by atoms with E-state index >= 15 is 0 Å². The van der Waals surface area contributed by atoms with Crippen molar-refractivity contribution in [3.8, 4) is 0 Å². The molecule has 1 saturated heterocycles. The van der Waals surface area contributed by atoms with Crippen LogP contribution in [-0.2, 0) is 4.74 Å². The lowest BCUT2D eigenvalue weighted by molar-refractivity contribution is -0.0518. The van der Waals surface area contributed by atoms with Gasteiger partial charge in [-0.05, 0) is 0 Å². The number of nitrogens with two attached hydrogens (primary N) is 1. The van der Waals surface area contributed by atoms with Gasteiger partial charge in [0.05, 0.1) is 6.61 Å². The molecule has 1 aliphatic rings. The molecule has 0 unspecified atom stereocenters. The number of nitrogens with zero attached hydrogens (tertiary/aromatic N) is 2. The Morgan fingerprint density at radius 3 is 2.71 bits per heavy atom. The summed E-state index contributed by atoms with van der Waals surface area (Å²) in [5.41, 5.74) is 4.83. The lowest BCUT2D eigenvalue weighted by atomic mass is 10.1. The number of hydrogen-bond donors (Lipinski definition) is 5. The van der Waals surface area contributed by atoms with Crippen molar-refractivity contribution in [3.63, 3.8) is 0 Å². The van der Waals surface area contributed by atoms with Crippen LogP contribution in [0.1, 0.15) is 6.23 Å². The quantitative estimate of drug-likeness (QED) is 0.400. The predicted molar refractivity (Wildman–Crippen MR) is 71.9 cm³/mol. The van der Waals surface area contributed by atoms with Crippen LogP contribution < -0.4 is 16.2 Å². The van der Waals surface area contributed by atoms with Crippen molar-refractivity contribution in [2.45, 2.75) is 24.5 Å². The van der Waals surface area contributed by atoms with Gasteiger partial charge in [0.25, 0.3) is 5.56 Å². The Morgan fingerprint density at radius 2 is 2.10 bits per heavy atom. The smallest absolute Gasteiger partial charge is 0.311 e. The van der Waals surface area contributed by atoms with Gasteiger partial charge in [0.15, 0.2) is 11.9 Å². The first-order valence-corrected chi connectivity index (χ1v) is 6.79. The number of aliphatic hydroxyl groups is 3. The third-order valence-electron chi connectivity index (χ3n) is 3.26. The fourth-order valence-corrected chi connectivity index (χ4v) is 3.11. The molecule has 0 aliphatic carbocycles. The summed E-state index contributed by atoms with van der Waals surface area (Å²) in [7, 11) is 0. The molecule has 11 heteroatoms. The highest BCUT2D eigenvalue weighted by molar-refractivity contribution is 7.16. The molecule has 0 spiro atoms. The summed E-state index contributed by atoms with van der Waals surface area (Å²) in [5.74, 6) is -0.189. The summed E-state index contributed by atoms with van der Waals surface area (Å²) in [6, 6.07) is 0. The van der Waals surface area contributed by atoms with Gasteiger partial charge in [0, 0.05) is 0 Å². The first-order valence-electron chi connectivity index (χ1n) is 5.97. The zero-order chi connectivity index (χ0) is 15.3. The van der Waals surface area contributed by atoms with E-state index in [1.165, 1.54) is 0 Å². The minimum atomic E-state index is -1.44. The number of hydrogen-bond acceptors (Lipinski definition) is 9. The maximum atomic E-state index is 12.0. The molecule has 114 valence electrons. The van der Waals surface area contributed by atoms with Crippen LogP contribution in [0.5, 0.6) is 0 Å².